The van der Waals surface area contributed by atoms with Crippen molar-refractivity contribution in [2.75, 3.05) is 6.54 Å². The van der Waals surface area contributed by atoms with E-state index in [0.717, 1.165) is 26.6 Å². The fraction of sp³-hybridized carbons (Fsp3) is 0.412. The van der Waals surface area contributed by atoms with E-state index in [1.54, 1.807) is 17.5 Å². The zero-order valence-corrected chi connectivity index (χ0v) is 14.7. The highest BCUT2D eigenvalue weighted by molar-refractivity contribution is 7.11. The highest BCUT2D eigenvalue weighted by Crippen LogP contribution is 2.19. The fourth-order valence-electron chi connectivity index (χ4n) is 2.39. The zero-order chi connectivity index (χ0) is 17.0. The molecule has 2 rings (SSSR count). The van der Waals surface area contributed by atoms with Gasteiger partial charge in [-0.05, 0) is 33.3 Å². The molecule has 0 radical (unpaired) electrons. The number of aromatic nitrogens is 1. The molecule has 3 N–H and O–H groups in total. The van der Waals surface area contributed by atoms with Crippen LogP contribution < -0.4 is 10.6 Å². The highest BCUT2D eigenvalue weighted by Gasteiger charge is 2.14. The summed E-state index contributed by atoms with van der Waals surface area (Å²) in [5, 5.41) is 16.6. The van der Waals surface area contributed by atoms with Crippen molar-refractivity contribution in [3.8, 4) is 0 Å². The van der Waals surface area contributed by atoms with Crippen LogP contribution in [0.15, 0.2) is 24.4 Å². The number of urea groups is 1. The largest absolute Gasteiger partial charge is 0.387 e. The fourth-order valence-corrected chi connectivity index (χ4v) is 3.17. The number of carbonyl (C=O) groups is 1. The number of rotatable bonds is 5. The topological polar surface area (TPSA) is 74.2 Å². The Morgan fingerprint density at radius 2 is 1.91 bits per heavy atom. The molecule has 0 unspecified atom stereocenters. The maximum atomic E-state index is 11.9. The summed E-state index contributed by atoms with van der Waals surface area (Å²) in [7, 11) is 0. The molecule has 2 atom stereocenters. The molecule has 6 heteroatoms. The molecule has 2 amide bonds. The first-order valence-corrected chi connectivity index (χ1v) is 8.39. The van der Waals surface area contributed by atoms with Crippen LogP contribution in [-0.2, 0) is 0 Å². The summed E-state index contributed by atoms with van der Waals surface area (Å²) in [5.74, 6) is 0. The van der Waals surface area contributed by atoms with Crippen molar-refractivity contribution in [1.29, 1.82) is 0 Å². The van der Waals surface area contributed by atoms with Crippen molar-refractivity contribution >= 4 is 17.4 Å². The Bertz CT molecular complexity index is 664. The standard InChI is InChI=1S/C17H23N3O2S/c1-10-5-11(2)7-14(6-10)15(21)9-19-17(22)20-13(4)16-18-8-12(3)23-16/h5-8,13,15,21H,9H2,1-4H3,(H2,19,20,22)/t13-,15+/m1/s1. The number of aryl methyl sites for hydroxylation is 3. The van der Waals surface area contributed by atoms with Gasteiger partial charge in [-0.1, -0.05) is 29.3 Å². The lowest BCUT2D eigenvalue weighted by Gasteiger charge is -2.16. The lowest BCUT2D eigenvalue weighted by atomic mass is 10.0. The van der Waals surface area contributed by atoms with Crippen LogP contribution in [0.4, 0.5) is 4.79 Å². The molecule has 0 aliphatic heterocycles. The van der Waals surface area contributed by atoms with E-state index in [1.807, 2.05) is 45.9 Å². The van der Waals surface area contributed by atoms with Crippen LogP contribution in [0.2, 0.25) is 0 Å². The Morgan fingerprint density at radius 3 is 2.48 bits per heavy atom. The molecule has 0 saturated heterocycles. The van der Waals surface area contributed by atoms with E-state index in [1.165, 1.54) is 0 Å². The average molecular weight is 333 g/mol. The number of benzene rings is 1. The lowest BCUT2D eigenvalue weighted by molar-refractivity contribution is 0.172. The van der Waals surface area contributed by atoms with Gasteiger partial charge in [-0.25, -0.2) is 9.78 Å². The van der Waals surface area contributed by atoms with Crippen molar-refractivity contribution in [3.05, 3.63) is 51.0 Å². The molecule has 0 aliphatic rings. The molecule has 0 aliphatic carbocycles. The Labute approximate surface area is 140 Å². The number of amides is 2. The van der Waals surface area contributed by atoms with E-state index in [-0.39, 0.29) is 18.6 Å². The molecule has 0 bridgehead atoms. The molecule has 0 spiro atoms. The quantitative estimate of drug-likeness (QED) is 0.787. The first kappa shape index (κ1) is 17.4. The van der Waals surface area contributed by atoms with E-state index in [2.05, 4.69) is 15.6 Å². The van der Waals surface area contributed by atoms with Crippen molar-refractivity contribution in [3.63, 3.8) is 0 Å². The van der Waals surface area contributed by atoms with Crippen LogP contribution in [0, 0.1) is 20.8 Å². The van der Waals surface area contributed by atoms with Gasteiger partial charge >= 0.3 is 6.03 Å². The molecule has 2 aromatic rings. The van der Waals surface area contributed by atoms with Crippen LogP contribution in [0.5, 0.6) is 0 Å². The van der Waals surface area contributed by atoms with Gasteiger partial charge in [0, 0.05) is 17.6 Å². The van der Waals surface area contributed by atoms with E-state index in [4.69, 9.17) is 0 Å². The van der Waals surface area contributed by atoms with Crippen LogP contribution in [0.3, 0.4) is 0 Å². The molecule has 0 fully saturated rings. The smallest absolute Gasteiger partial charge is 0.315 e. The number of thiazole rings is 1. The number of nitrogens with zero attached hydrogens (tertiary/aromatic N) is 1. The minimum atomic E-state index is -0.725. The minimum absolute atomic E-state index is 0.160. The zero-order valence-electron chi connectivity index (χ0n) is 13.9. The van der Waals surface area contributed by atoms with Crippen LogP contribution in [-0.4, -0.2) is 22.7 Å². The van der Waals surface area contributed by atoms with Crippen LogP contribution in [0.25, 0.3) is 0 Å². The van der Waals surface area contributed by atoms with Gasteiger partial charge in [-0.3, -0.25) is 0 Å². The van der Waals surface area contributed by atoms with Gasteiger partial charge in [0.25, 0.3) is 0 Å². The summed E-state index contributed by atoms with van der Waals surface area (Å²) in [6, 6.07) is 5.44. The third-order valence-corrected chi connectivity index (χ3v) is 4.54. The normalized spacial score (nSPS) is 13.4. The molecule has 23 heavy (non-hydrogen) atoms. The van der Waals surface area contributed by atoms with Gasteiger partial charge in [-0.2, -0.15) is 0 Å². The summed E-state index contributed by atoms with van der Waals surface area (Å²) in [4.78, 5) is 17.3. The Kier molecular flexibility index (Phi) is 5.74. The molecular weight excluding hydrogens is 310 g/mol. The Hall–Kier alpha value is -1.92. The molecule has 5 nitrogen and oxygen atoms in total. The predicted molar refractivity (Wildman–Crippen MR) is 92.7 cm³/mol. The Morgan fingerprint density at radius 1 is 1.26 bits per heavy atom. The molecular formula is C17H23N3O2S. The number of nitrogens with one attached hydrogen (secondary N) is 2. The first-order chi connectivity index (χ1) is 10.8. The van der Waals surface area contributed by atoms with Gasteiger partial charge in [0.1, 0.15) is 5.01 Å². The number of aliphatic hydroxyl groups is 1. The predicted octanol–water partition coefficient (Wildman–Crippen LogP) is 3.16. The number of carbonyl (C=O) groups excluding carboxylic acids is 1. The second kappa shape index (κ2) is 7.57. The number of hydrogen-bond acceptors (Lipinski definition) is 4. The van der Waals surface area contributed by atoms with Crippen LogP contribution >= 0.6 is 11.3 Å². The molecule has 1 heterocycles. The van der Waals surface area contributed by atoms with E-state index < -0.39 is 6.10 Å². The molecule has 0 saturated carbocycles. The van der Waals surface area contributed by atoms with Crippen molar-refractivity contribution in [2.45, 2.75) is 39.8 Å². The summed E-state index contributed by atoms with van der Waals surface area (Å²) in [5.41, 5.74) is 3.00. The Balaban J connectivity index is 1.86. The van der Waals surface area contributed by atoms with Crippen molar-refractivity contribution < 1.29 is 9.90 Å². The van der Waals surface area contributed by atoms with E-state index in [9.17, 15) is 9.90 Å². The van der Waals surface area contributed by atoms with Crippen molar-refractivity contribution in [1.82, 2.24) is 15.6 Å². The third kappa shape index (κ3) is 5.04. The highest BCUT2D eigenvalue weighted by atomic mass is 32.1. The van der Waals surface area contributed by atoms with Gasteiger partial charge in [0.05, 0.1) is 12.1 Å². The maximum Gasteiger partial charge on any atom is 0.315 e. The lowest BCUT2D eigenvalue weighted by Crippen LogP contribution is -2.39. The SMILES string of the molecule is Cc1cc(C)cc([C@@H](O)CNC(=O)N[C@H](C)c2ncc(C)s2)c1. The molecule has 124 valence electrons. The van der Waals surface area contributed by atoms with E-state index in [0.29, 0.717) is 0 Å². The number of hydrogen-bond donors (Lipinski definition) is 3. The second-order valence-corrected chi connectivity index (χ2v) is 7.09. The minimum Gasteiger partial charge on any atom is -0.387 e. The second-order valence-electron chi connectivity index (χ2n) is 5.82. The van der Waals surface area contributed by atoms with Gasteiger partial charge in [0.15, 0.2) is 0 Å². The number of aliphatic hydroxyl groups excluding tert-OH is 1. The first-order valence-electron chi connectivity index (χ1n) is 7.58. The van der Waals surface area contributed by atoms with Crippen LogP contribution in [0.1, 0.15) is 45.6 Å². The maximum absolute atomic E-state index is 11.9. The third-order valence-electron chi connectivity index (χ3n) is 3.44. The summed E-state index contributed by atoms with van der Waals surface area (Å²) < 4.78 is 0. The summed E-state index contributed by atoms with van der Waals surface area (Å²) in [6.45, 7) is 8.01. The van der Waals surface area contributed by atoms with E-state index >= 15 is 0 Å². The summed E-state index contributed by atoms with van der Waals surface area (Å²) in [6.07, 6.45) is 1.07. The van der Waals surface area contributed by atoms with Crippen molar-refractivity contribution in [2.24, 2.45) is 0 Å². The van der Waals surface area contributed by atoms with Gasteiger partial charge in [0.2, 0.25) is 0 Å². The van der Waals surface area contributed by atoms with Gasteiger partial charge < -0.3 is 15.7 Å². The molecule has 1 aromatic heterocycles. The monoisotopic (exact) mass is 333 g/mol. The summed E-state index contributed by atoms with van der Waals surface area (Å²) >= 11 is 1.56. The average Bonchev–Trinajstić information content (AvgIpc) is 2.90. The van der Waals surface area contributed by atoms with Gasteiger partial charge in [-0.15, -0.1) is 11.3 Å². The molecule has 1 aromatic carbocycles.